The molecule has 11 nitrogen and oxygen atoms in total. The van der Waals surface area contributed by atoms with Crippen LogP contribution in [0.1, 0.15) is 47.5 Å². The van der Waals surface area contributed by atoms with E-state index in [2.05, 4.69) is 10.6 Å². The highest BCUT2D eigenvalue weighted by atomic mass is 16.5. The van der Waals surface area contributed by atoms with Crippen LogP contribution in [0.5, 0.6) is 0 Å². The van der Waals surface area contributed by atoms with Gasteiger partial charge in [0.2, 0.25) is 11.8 Å². The standard InChI is InChI=1S/C23H36N4O7/c1-7-23(5,17(4)28)34-16(3)22(33)15(2)24-11-12-25-18(29)14-26(6)19(30)10-13-27-20(31)8-9-21(27)32/h8-9,15-16,24H,7,10-14H2,1-6H3,(H,25,29). The molecule has 0 bridgehead atoms. The fourth-order valence-electron chi connectivity index (χ4n) is 3.22. The van der Waals surface area contributed by atoms with Crippen molar-refractivity contribution < 1.29 is 33.5 Å². The second kappa shape index (κ2) is 13.1. The van der Waals surface area contributed by atoms with Gasteiger partial charge in [0, 0.05) is 45.3 Å². The Labute approximate surface area is 200 Å². The van der Waals surface area contributed by atoms with E-state index in [0.717, 1.165) is 17.1 Å². The molecule has 0 spiro atoms. The number of ether oxygens (including phenoxy) is 1. The molecule has 0 radical (unpaired) electrons. The molecule has 4 amide bonds. The molecule has 3 unspecified atom stereocenters. The van der Waals surface area contributed by atoms with Crippen LogP contribution < -0.4 is 10.6 Å². The normalized spacial score (nSPS) is 16.7. The van der Waals surface area contributed by atoms with Crippen molar-refractivity contribution in [2.45, 2.75) is 65.2 Å². The van der Waals surface area contributed by atoms with Crippen molar-refractivity contribution in [3.63, 3.8) is 0 Å². The molecule has 190 valence electrons. The summed E-state index contributed by atoms with van der Waals surface area (Å²) < 4.78 is 5.72. The number of amides is 4. The monoisotopic (exact) mass is 480 g/mol. The largest absolute Gasteiger partial charge is 0.357 e. The molecule has 1 aliphatic heterocycles. The van der Waals surface area contributed by atoms with Gasteiger partial charge in [-0.05, 0) is 34.1 Å². The van der Waals surface area contributed by atoms with Crippen LogP contribution in [0.2, 0.25) is 0 Å². The molecule has 1 heterocycles. The van der Waals surface area contributed by atoms with Crippen LogP contribution in [0.4, 0.5) is 0 Å². The fraction of sp³-hybridized carbons (Fsp3) is 0.652. The second-order valence-corrected chi connectivity index (χ2v) is 8.49. The lowest BCUT2D eigenvalue weighted by atomic mass is 9.97. The molecule has 34 heavy (non-hydrogen) atoms. The third kappa shape index (κ3) is 8.45. The molecule has 0 aromatic carbocycles. The Balaban J connectivity index is 2.32. The van der Waals surface area contributed by atoms with E-state index in [0.29, 0.717) is 13.0 Å². The van der Waals surface area contributed by atoms with Gasteiger partial charge in [0.05, 0.1) is 12.6 Å². The summed E-state index contributed by atoms with van der Waals surface area (Å²) in [4.78, 5) is 73.7. The summed E-state index contributed by atoms with van der Waals surface area (Å²) in [6, 6.07) is -0.547. The summed E-state index contributed by atoms with van der Waals surface area (Å²) in [7, 11) is 1.46. The van der Waals surface area contributed by atoms with Crippen LogP contribution in [0.3, 0.4) is 0 Å². The lowest BCUT2D eigenvalue weighted by Crippen LogP contribution is -2.48. The van der Waals surface area contributed by atoms with Crippen molar-refractivity contribution in [3.8, 4) is 0 Å². The van der Waals surface area contributed by atoms with Crippen LogP contribution in [0, 0.1) is 0 Å². The molecular formula is C23H36N4O7. The van der Waals surface area contributed by atoms with Gasteiger partial charge in [-0.3, -0.25) is 33.7 Å². The van der Waals surface area contributed by atoms with Gasteiger partial charge >= 0.3 is 0 Å². The zero-order valence-electron chi connectivity index (χ0n) is 20.8. The minimum absolute atomic E-state index is 0.0444. The summed E-state index contributed by atoms with van der Waals surface area (Å²) >= 11 is 0. The maximum Gasteiger partial charge on any atom is 0.253 e. The van der Waals surface area contributed by atoms with Crippen molar-refractivity contribution in [2.24, 2.45) is 0 Å². The molecule has 1 aliphatic rings. The first-order valence-electron chi connectivity index (χ1n) is 11.3. The van der Waals surface area contributed by atoms with E-state index < -0.39 is 29.6 Å². The summed E-state index contributed by atoms with van der Waals surface area (Å²) in [6.45, 7) is 8.53. The molecule has 1 rings (SSSR count). The molecule has 0 aromatic rings. The molecule has 0 aromatic heterocycles. The van der Waals surface area contributed by atoms with Gasteiger partial charge in [0.1, 0.15) is 11.7 Å². The first kappa shape index (κ1) is 29.1. The molecule has 3 atom stereocenters. The molecule has 0 saturated carbocycles. The SMILES string of the molecule is CCC(C)(OC(C)C(=O)C(C)NCCNC(=O)CN(C)C(=O)CCN1C(=O)C=CC1=O)C(C)=O. The average Bonchev–Trinajstić information content (AvgIpc) is 3.10. The zero-order chi connectivity index (χ0) is 26.1. The number of nitrogens with zero attached hydrogens (tertiary/aromatic N) is 2. The van der Waals surface area contributed by atoms with E-state index in [4.69, 9.17) is 4.74 Å². The number of Topliss-reactive ketones (excluding diaryl/α,β-unsaturated/α-hetero) is 2. The van der Waals surface area contributed by atoms with Gasteiger partial charge in [-0.2, -0.15) is 0 Å². The van der Waals surface area contributed by atoms with E-state index >= 15 is 0 Å². The fourth-order valence-corrected chi connectivity index (χ4v) is 3.22. The number of hydrogen-bond acceptors (Lipinski definition) is 8. The van der Waals surface area contributed by atoms with Gasteiger partial charge in [-0.1, -0.05) is 6.92 Å². The van der Waals surface area contributed by atoms with E-state index in [-0.39, 0.29) is 49.4 Å². The smallest absolute Gasteiger partial charge is 0.253 e. The first-order chi connectivity index (χ1) is 15.8. The summed E-state index contributed by atoms with van der Waals surface area (Å²) in [5, 5.41) is 5.66. The first-order valence-corrected chi connectivity index (χ1v) is 11.3. The minimum atomic E-state index is -1.01. The van der Waals surface area contributed by atoms with Crippen molar-refractivity contribution in [1.82, 2.24) is 20.4 Å². The Morgan fingerprint density at radius 1 is 1.12 bits per heavy atom. The van der Waals surface area contributed by atoms with E-state index in [1.807, 2.05) is 6.92 Å². The van der Waals surface area contributed by atoms with Gasteiger partial charge in [-0.15, -0.1) is 0 Å². The number of rotatable bonds is 15. The molecular weight excluding hydrogens is 444 g/mol. The van der Waals surface area contributed by atoms with Crippen LogP contribution in [-0.2, 0) is 33.5 Å². The van der Waals surface area contributed by atoms with Crippen LogP contribution in [0.25, 0.3) is 0 Å². The molecule has 11 heteroatoms. The highest BCUT2D eigenvalue weighted by Crippen LogP contribution is 2.19. The minimum Gasteiger partial charge on any atom is -0.357 e. The molecule has 0 fully saturated rings. The lowest BCUT2D eigenvalue weighted by molar-refractivity contribution is -0.156. The lowest BCUT2D eigenvalue weighted by Gasteiger charge is -2.30. The highest BCUT2D eigenvalue weighted by Gasteiger charge is 2.34. The summed E-state index contributed by atoms with van der Waals surface area (Å²) in [5.74, 6) is -2.03. The quantitative estimate of drug-likeness (QED) is 0.238. The molecule has 0 aliphatic carbocycles. The van der Waals surface area contributed by atoms with E-state index in [1.54, 1.807) is 20.8 Å². The summed E-state index contributed by atoms with van der Waals surface area (Å²) in [6.07, 6.45) is 1.90. The van der Waals surface area contributed by atoms with Gasteiger partial charge in [0.15, 0.2) is 11.6 Å². The van der Waals surface area contributed by atoms with Crippen LogP contribution in [0.15, 0.2) is 12.2 Å². The number of carbonyl (C=O) groups is 6. The Morgan fingerprint density at radius 3 is 2.24 bits per heavy atom. The average molecular weight is 481 g/mol. The Kier molecular flexibility index (Phi) is 11.2. The van der Waals surface area contributed by atoms with Crippen LogP contribution >= 0.6 is 0 Å². The number of carbonyl (C=O) groups excluding carboxylic acids is 6. The summed E-state index contributed by atoms with van der Waals surface area (Å²) in [5.41, 5.74) is -1.01. The van der Waals surface area contributed by atoms with Crippen LogP contribution in [-0.4, -0.2) is 96.0 Å². The van der Waals surface area contributed by atoms with Gasteiger partial charge in [-0.25, -0.2) is 0 Å². The Bertz CT molecular complexity index is 823. The molecule has 2 N–H and O–H groups in total. The van der Waals surface area contributed by atoms with Crippen molar-refractivity contribution >= 4 is 35.2 Å². The number of ketones is 2. The second-order valence-electron chi connectivity index (χ2n) is 8.49. The third-order valence-corrected chi connectivity index (χ3v) is 5.84. The number of likely N-dealkylation sites (N-methyl/N-ethyl adjacent to an activating group) is 1. The third-order valence-electron chi connectivity index (χ3n) is 5.84. The van der Waals surface area contributed by atoms with Crippen molar-refractivity contribution in [1.29, 1.82) is 0 Å². The Hall–Kier alpha value is -2.92. The number of hydrogen-bond donors (Lipinski definition) is 2. The van der Waals surface area contributed by atoms with E-state index in [1.165, 1.54) is 18.9 Å². The highest BCUT2D eigenvalue weighted by molar-refractivity contribution is 6.13. The van der Waals surface area contributed by atoms with Crippen molar-refractivity contribution in [2.75, 3.05) is 33.2 Å². The Morgan fingerprint density at radius 2 is 1.71 bits per heavy atom. The van der Waals surface area contributed by atoms with Gasteiger partial charge < -0.3 is 20.3 Å². The number of imide groups is 1. The van der Waals surface area contributed by atoms with Crippen molar-refractivity contribution in [3.05, 3.63) is 12.2 Å². The van der Waals surface area contributed by atoms with Gasteiger partial charge in [0.25, 0.3) is 11.8 Å². The van der Waals surface area contributed by atoms with E-state index in [9.17, 15) is 28.8 Å². The number of nitrogens with one attached hydrogen (secondary N) is 2. The topological polar surface area (TPSA) is 142 Å². The predicted octanol–water partition coefficient (Wildman–Crippen LogP) is -0.414. The predicted molar refractivity (Wildman–Crippen MR) is 124 cm³/mol. The zero-order valence-corrected chi connectivity index (χ0v) is 20.8. The maximum atomic E-state index is 12.5. The molecule has 0 saturated heterocycles. The maximum absolute atomic E-state index is 12.5.